The number of ether oxygens (including phenoxy) is 1. The van der Waals surface area contributed by atoms with Crippen LogP contribution in [0.3, 0.4) is 0 Å². The van der Waals surface area contributed by atoms with Crippen molar-refractivity contribution in [3.8, 4) is 0 Å². The maximum Gasteiger partial charge on any atom is 0.242 e. The van der Waals surface area contributed by atoms with Crippen molar-refractivity contribution in [1.29, 1.82) is 0 Å². The maximum absolute atomic E-state index is 13.7. The Labute approximate surface area is 235 Å². The number of carbonyl (C=O) groups is 2. The second-order valence-electron chi connectivity index (χ2n) is 10.4. The lowest BCUT2D eigenvalue weighted by Gasteiger charge is -2.31. The van der Waals surface area contributed by atoms with Gasteiger partial charge in [-0.2, -0.15) is 0 Å². The van der Waals surface area contributed by atoms with Crippen LogP contribution >= 0.6 is 11.6 Å². The van der Waals surface area contributed by atoms with Crippen molar-refractivity contribution in [3.63, 3.8) is 0 Å². The molecule has 0 aliphatic carbocycles. The molecule has 6 nitrogen and oxygen atoms in total. The van der Waals surface area contributed by atoms with Gasteiger partial charge in [-0.05, 0) is 55.9 Å². The van der Waals surface area contributed by atoms with Gasteiger partial charge in [0.25, 0.3) is 0 Å². The van der Waals surface area contributed by atoms with Crippen LogP contribution in [-0.4, -0.2) is 59.0 Å². The van der Waals surface area contributed by atoms with Gasteiger partial charge in [-0.25, -0.2) is 0 Å². The molecule has 0 radical (unpaired) electrons. The first kappa shape index (κ1) is 31.9. The fourth-order valence-corrected chi connectivity index (χ4v) is 4.89. The zero-order chi connectivity index (χ0) is 27.9. The fourth-order valence-electron chi connectivity index (χ4n) is 4.69. The fraction of sp³-hybridized carbons (Fsp3) is 0.613. The Kier molecular flexibility index (Phi) is 14.5. The predicted molar refractivity (Wildman–Crippen MR) is 156 cm³/mol. The van der Waals surface area contributed by atoms with E-state index in [0.717, 1.165) is 48.4 Å². The highest BCUT2D eigenvalue weighted by Gasteiger charge is 2.27. The Bertz CT molecular complexity index is 975. The molecule has 7 heteroatoms. The van der Waals surface area contributed by atoms with E-state index in [1.54, 1.807) is 4.90 Å². The largest absolute Gasteiger partial charge is 0.382 e. The van der Waals surface area contributed by atoms with Gasteiger partial charge >= 0.3 is 0 Å². The van der Waals surface area contributed by atoms with E-state index < -0.39 is 0 Å². The number of halogens is 1. The predicted octanol–water partition coefficient (Wildman–Crippen LogP) is 6.65. The second-order valence-corrected chi connectivity index (χ2v) is 10.9. The minimum Gasteiger partial charge on any atom is -0.382 e. The number of amides is 2. The summed E-state index contributed by atoms with van der Waals surface area (Å²) in [6, 6.07) is 11.9. The van der Waals surface area contributed by atoms with Gasteiger partial charge in [-0.1, -0.05) is 70.3 Å². The van der Waals surface area contributed by atoms with Crippen molar-refractivity contribution < 1.29 is 14.3 Å². The molecule has 0 N–H and O–H groups in total. The lowest BCUT2D eigenvalue weighted by Crippen LogP contribution is -2.46. The Balaban J connectivity index is 2.20. The molecule has 0 bridgehead atoms. The van der Waals surface area contributed by atoms with Gasteiger partial charge in [0.05, 0.1) is 13.1 Å². The van der Waals surface area contributed by atoms with Crippen LogP contribution < -0.4 is 0 Å². The third-order valence-corrected chi connectivity index (χ3v) is 7.19. The summed E-state index contributed by atoms with van der Waals surface area (Å²) in [5, 5.41) is 0.733. The zero-order valence-electron chi connectivity index (χ0n) is 24.1. The third-order valence-electron chi connectivity index (χ3n) is 6.82. The van der Waals surface area contributed by atoms with E-state index in [2.05, 4.69) is 38.3 Å². The van der Waals surface area contributed by atoms with E-state index in [1.165, 1.54) is 0 Å². The van der Waals surface area contributed by atoms with Crippen LogP contribution in [0.2, 0.25) is 5.02 Å². The van der Waals surface area contributed by atoms with Gasteiger partial charge < -0.3 is 19.1 Å². The molecule has 0 saturated carbocycles. The van der Waals surface area contributed by atoms with Crippen LogP contribution in [0.5, 0.6) is 0 Å². The maximum atomic E-state index is 13.7. The molecule has 0 aliphatic heterocycles. The number of nitrogens with zero attached hydrogens (tertiary/aromatic N) is 3. The van der Waals surface area contributed by atoms with E-state index in [-0.39, 0.29) is 24.3 Å². The Morgan fingerprint density at radius 1 is 1.03 bits per heavy atom. The topological polar surface area (TPSA) is 54.8 Å². The minimum absolute atomic E-state index is 0.0145. The average molecular weight is 546 g/mol. The van der Waals surface area contributed by atoms with Crippen LogP contribution in [0.4, 0.5) is 0 Å². The highest BCUT2D eigenvalue weighted by atomic mass is 35.5. The van der Waals surface area contributed by atoms with Crippen molar-refractivity contribution in [2.75, 3.05) is 32.8 Å². The normalized spacial score (nSPS) is 12.1. The Morgan fingerprint density at radius 2 is 1.79 bits per heavy atom. The van der Waals surface area contributed by atoms with Gasteiger partial charge in [0.15, 0.2) is 0 Å². The highest BCUT2D eigenvalue weighted by molar-refractivity contribution is 6.31. The Morgan fingerprint density at radius 3 is 2.45 bits per heavy atom. The van der Waals surface area contributed by atoms with Crippen molar-refractivity contribution in [2.24, 2.45) is 11.8 Å². The monoisotopic (exact) mass is 545 g/mol. The first-order valence-electron chi connectivity index (χ1n) is 14.3. The summed E-state index contributed by atoms with van der Waals surface area (Å²) in [5.74, 6) is 0.346. The average Bonchev–Trinajstić information content (AvgIpc) is 3.33. The molecule has 0 spiro atoms. The molecule has 0 saturated heterocycles. The summed E-state index contributed by atoms with van der Waals surface area (Å²) >= 11 is 6.41. The molecule has 2 rings (SSSR count). The molecule has 0 fully saturated rings. The number of benzene rings is 1. The molecular weight excluding hydrogens is 498 g/mol. The zero-order valence-corrected chi connectivity index (χ0v) is 24.9. The molecule has 1 heterocycles. The van der Waals surface area contributed by atoms with Crippen molar-refractivity contribution >= 4 is 23.4 Å². The van der Waals surface area contributed by atoms with Crippen LogP contribution in [0, 0.1) is 11.8 Å². The molecule has 2 amide bonds. The first-order valence-corrected chi connectivity index (χ1v) is 14.7. The molecule has 0 aliphatic rings. The van der Waals surface area contributed by atoms with Crippen molar-refractivity contribution in [3.05, 3.63) is 58.9 Å². The SMILES string of the molecule is CCCCC(CC)C(=O)N(CCCOCC)CC(=O)N(Cc1cccn1Cc1ccccc1Cl)CC(C)C. The number of unbranched alkanes of at least 4 members (excludes halogenated alkanes) is 1. The Hall–Kier alpha value is -2.31. The molecule has 1 aromatic carbocycles. The smallest absolute Gasteiger partial charge is 0.242 e. The third kappa shape index (κ3) is 10.5. The molecule has 1 aromatic heterocycles. The lowest BCUT2D eigenvalue weighted by molar-refractivity contribution is -0.144. The van der Waals surface area contributed by atoms with Crippen molar-refractivity contribution in [1.82, 2.24) is 14.4 Å². The summed E-state index contributed by atoms with van der Waals surface area (Å²) in [5.41, 5.74) is 2.08. The highest BCUT2D eigenvalue weighted by Crippen LogP contribution is 2.20. The van der Waals surface area contributed by atoms with Gasteiger partial charge in [-0.3, -0.25) is 9.59 Å². The molecular formula is C31H48ClN3O3. The molecule has 1 atom stereocenters. The summed E-state index contributed by atoms with van der Waals surface area (Å²) < 4.78 is 7.66. The first-order chi connectivity index (χ1) is 18.3. The van der Waals surface area contributed by atoms with Gasteiger partial charge in [0.2, 0.25) is 11.8 Å². The second kappa shape index (κ2) is 17.3. The van der Waals surface area contributed by atoms with Crippen LogP contribution in [0.1, 0.15) is 78.0 Å². The van der Waals surface area contributed by atoms with Crippen LogP contribution in [-0.2, 0) is 27.4 Å². The number of carbonyl (C=O) groups excluding carboxylic acids is 2. The van der Waals surface area contributed by atoms with E-state index in [9.17, 15) is 9.59 Å². The summed E-state index contributed by atoms with van der Waals surface area (Å²) in [6.07, 6.45) is 6.49. The van der Waals surface area contributed by atoms with Gasteiger partial charge in [-0.15, -0.1) is 0 Å². The molecule has 212 valence electrons. The number of rotatable bonds is 18. The summed E-state index contributed by atoms with van der Waals surface area (Å²) in [6.45, 7) is 14.0. The van der Waals surface area contributed by atoms with E-state index >= 15 is 0 Å². The van der Waals surface area contributed by atoms with Crippen molar-refractivity contribution in [2.45, 2.75) is 79.8 Å². The minimum atomic E-state index is -0.0405. The van der Waals surface area contributed by atoms with Crippen LogP contribution in [0.25, 0.3) is 0 Å². The quantitative estimate of drug-likeness (QED) is 0.197. The standard InChI is InChI=1S/C31H48ClN3O3/c1-6-9-14-26(7-2)31(37)34(19-13-20-38-8-3)24-30(36)35(21-25(4)5)23-28-16-12-18-33(28)22-27-15-10-11-17-29(27)32/h10-12,15-18,25-26H,6-9,13-14,19-24H2,1-5H3. The van der Waals surface area contributed by atoms with E-state index in [1.807, 2.05) is 48.4 Å². The molecule has 2 aromatic rings. The van der Waals surface area contributed by atoms with E-state index in [0.29, 0.717) is 45.3 Å². The number of hydrogen-bond donors (Lipinski definition) is 0. The molecule has 1 unspecified atom stereocenters. The summed E-state index contributed by atoms with van der Waals surface area (Å²) in [4.78, 5) is 30.9. The summed E-state index contributed by atoms with van der Waals surface area (Å²) in [7, 11) is 0. The molecule has 38 heavy (non-hydrogen) atoms. The van der Waals surface area contributed by atoms with Crippen LogP contribution in [0.15, 0.2) is 42.6 Å². The number of hydrogen-bond acceptors (Lipinski definition) is 3. The number of aromatic nitrogens is 1. The lowest BCUT2D eigenvalue weighted by atomic mass is 9.97. The van der Waals surface area contributed by atoms with Gasteiger partial charge in [0, 0.05) is 55.7 Å². The van der Waals surface area contributed by atoms with E-state index in [4.69, 9.17) is 16.3 Å². The van der Waals surface area contributed by atoms with Gasteiger partial charge in [0.1, 0.15) is 0 Å².